The molecule has 1 aromatic heterocycles. The number of halogens is 3. The maximum absolute atomic E-state index is 12.9. The van der Waals surface area contributed by atoms with Crippen molar-refractivity contribution in [3.8, 4) is 0 Å². The molecule has 1 aromatic carbocycles. The van der Waals surface area contributed by atoms with E-state index in [4.69, 9.17) is 11.6 Å². The van der Waals surface area contributed by atoms with E-state index < -0.39 is 11.6 Å². The smallest absolute Gasteiger partial charge is 0.182 e. The maximum Gasteiger partial charge on any atom is 0.182 e. The van der Waals surface area contributed by atoms with E-state index in [0.717, 1.165) is 6.07 Å². The second kappa shape index (κ2) is 2.45. The van der Waals surface area contributed by atoms with Gasteiger partial charge >= 0.3 is 0 Å². The second-order valence-electron chi connectivity index (χ2n) is 2.42. The number of hydrogen-bond donors (Lipinski definition) is 1. The highest BCUT2D eigenvalue weighted by Gasteiger charge is 2.09. The largest absolute Gasteiger partial charge is 0.357 e. The van der Waals surface area contributed by atoms with E-state index in [1.54, 1.807) is 0 Å². The Kier molecular flexibility index (Phi) is 1.54. The predicted molar refractivity (Wildman–Crippen MR) is 43.2 cm³/mol. The van der Waals surface area contributed by atoms with Gasteiger partial charge in [-0.15, -0.1) is 0 Å². The van der Waals surface area contributed by atoms with Crippen LogP contribution in [0.1, 0.15) is 0 Å². The van der Waals surface area contributed by atoms with Crippen LogP contribution in [0.15, 0.2) is 18.3 Å². The van der Waals surface area contributed by atoms with Crippen LogP contribution in [0.5, 0.6) is 0 Å². The zero-order valence-corrected chi connectivity index (χ0v) is 6.62. The normalized spacial score (nSPS) is 10.9. The Morgan fingerprint density at radius 1 is 1.25 bits per heavy atom. The molecule has 2 rings (SSSR count). The molecule has 0 aliphatic rings. The lowest BCUT2D eigenvalue weighted by molar-refractivity contribution is 0.515. The molecular formula is C8H4ClF2N. The average Bonchev–Trinajstić information content (AvgIpc) is 2.41. The van der Waals surface area contributed by atoms with Crippen LogP contribution in [0, 0.1) is 11.6 Å². The minimum atomic E-state index is -0.889. The van der Waals surface area contributed by atoms with Gasteiger partial charge in [-0.25, -0.2) is 8.78 Å². The van der Waals surface area contributed by atoms with Crippen molar-refractivity contribution in [2.45, 2.75) is 0 Å². The molecule has 0 atom stereocenters. The van der Waals surface area contributed by atoms with Gasteiger partial charge in [0.25, 0.3) is 0 Å². The van der Waals surface area contributed by atoms with Crippen molar-refractivity contribution in [1.82, 2.24) is 4.98 Å². The van der Waals surface area contributed by atoms with Crippen LogP contribution >= 0.6 is 11.6 Å². The van der Waals surface area contributed by atoms with E-state index in [-0.39, 0.29) is 5.52 Å². The van der Waals surface area contributed by atoms with Crippen molar-refractivity contribution < 1.29 is 8.78 Å². The van der Waals surface area contributed by atoms with Crippen LogP contribution in [0.2, 0.25) is 5.02 Å². The Labute approximate surface area is 72.0 Å². The summed E-state index contributed by atoms with van der Waals surface area (Å²) in [7, 11) is 0. The molecule has 1 heterocycles. The lowest BCUT2D eigenvalue weighted by Gasteiger charge is -1.93. The quantitative estimate of drug-likeness (QED) is 0.652. The Morgan fingerprint density at radius 3 is 2.75 bits per heavy atom. The lowest BCUT2D eigenvalue weighted by Crippen LogP contribution is -1.83. The Bertz CT molecular complexity index is 436. The fourth-order valence-corrected chi connectivity index (χ4v) is 1.32. The molecule has 0 bridgehead atoms. The van der Waals surface area contributed by atoms with Gasteiger partial charge in [0, 0.05) is 11.6 Å². The van der Waals surface area contributed by atoms with Crippen molar-refractivity contribution in [3.63, 3.8) is 0 Å². The Balaban J connectivity index is 2.93. The van der Waals surface area contributed by atoms with Crippen molar-refractivity contribution >= 4 is 22.5 Å². The van der Waals surface area contributed by atoms with Gasteiger partial charge in [0.2, 0.25) is 0 Å². The zero-order valence-electron chi connectivity index (χ0n) is 5.87. The van der Waals surface area contributed by atoms with Gasteiger partial charge in [0.05, 0.1) is 10.5 Å². The summed E-state index contributed by atoms with van der Waals surface area (Å²) in [4.78, 5) is 2.55. The van der Waals surface area contributed by atoms with Gasteiger partial charge in [0.15, 0.2) is 11.6 Å². The number of aromatic nitrogens is 1. The van der Waals surface area contributed by atoms with Gasteiger partial charge in [-0.1, -0.05) is 11.6 Å². The second-order valence-corrected chi connectivity index (χ2v) is 2.83. The molecule has 0 aliphatic carbocycles. The molecule has 0 saturated heterocycles. The molecule has 1 N–H and O–H groups in total. The molecule has 4 heteroatoms. The standard InChI is InChI=1S/C8H4ClF2N/c9-5-3-12-8-4(5)1-2-6(10)7(8)11/h1-3,12H. The summed E-state index contributed by atoms with van der Waals surface area (Å²) < 4.78 is 25.6. The Morgan fingerprint density at radius 2 is 2.00 bits per heavy atom. The highest BCUT2D eigenvalue weighted by Crippen LogP contribution is 2.25. The topological polar surface area (TPSA) is 15.8 Å². The minimum Gasteiger partial charge on any atom is -0.357 e. The third-order valence-corrected chi connectivity index (χ3v) is 2.01. The number of rotatable bonds is 0. The average molecular weight is 188 g/mol. The van der Waals surface area contributed by atoms with E-state index in [9.17, 15) is 8.78 Å². The number of H-pyrrole nitrogens is 1. The van der Waals surface area contributed by atoms with E-state index in [2.05, 4.69) is 4.98 Å². The highest BCUT2D eigenvalue weighted by atomic mass is 35.5. The van der Waals surface area contributed by atoms with E-state index in [0.29, 0.717) is 10.4 Å². The fourth-order valence-electron chi connectivity index (χ4n) is 1.10. The van der Waals surface area contributed by atoms with Crippen LogP contribution in [-0.4, -0.2) is 4.98 Å². The molecule has 12 heavy (non-hydrogen) atoms. The van der Waals surface area contributed by atoms with Crippen molar-refractivity contribution in [2.75, 3.05) is 0 Å². The maximum atomic E-state index is 12.9. The van der Waals surface area contributed by atoms with E-state index in [1.807, 2.05) is 0 Å². The minimum absolute atomic E-state index is 0.111. The molecule has 0 spiro atoms. The van der Waals surface area contributed by atoms with Crippen molar-refractivity contribution in [1.29, 1.82) is 0 Å². The summed E-state index contributed by atoms with van der Waals surface area (Å²) >= 11 is 5.68. The first-order valence-corrected chi connectivity index (χ1v) is 3.68. The first kappa shape index (κ1) is 7.55. The Hall–Kier alpha value is -1.09. The SMILES string of the molecule is Fc1ccc2c(Cl)c[nH]c2c1F. The summed E-state index contributed by atoms with van der Waals surface area (Å²) in [5.41, 5.74) is 0.111. The van der Waals surface area contributed by atoms with E-state index in [1.165, 1.54) is 12.3 Å². The van der Waals surface area contributed by atoms with E-state index >= 15 is 0 Å². The third kappa shape index (κ3) is 0.898. The monoisotopic (exact) mass is 187 g/mol. The molecule has 0 fully saturated rings. The fraction of sp³-hybridized carbons (Fsp3) is 0. The van der Waals surface area contributed by atoms with Crippen LogP contribution in [0.4, 0.5) is 8.78 Å². The first-order chi connectivity index (χ1) is 5.70. The third-order valence-electron chi connectivity index (χ3n) is 1.70. The number of nitrogens with one attached hydrogen (secondary N) is 1. The van der Waals surface area contributed by atoms with Gasteiger partial charge in [-0.3, -0.25) is 0 Å². The van der Waals surface area contributed by atoms with Crippen molar-refractivity contribution in [2.24, 2.45) is 0 Å². The predicted octanol–water partition coefficient (Wildman–Crippen LogP) is 3.10. The highest BCUT2D eigenvalue weighted by molar-refractivity contribution is 6.35. The van der Waals surface area contributed by atoms with Gasteiger partial charge in [-0.2, -0.15) is 0 Å². The molecule has 0 aliphatic heterocycles. The van der Waals surface area contributed by atoms with Crippen LogP contribution in [0.25, 0.3) is 10.9 Å². The van der Waals surface area contributed by atoms with Crippen molar-refractivity contribution in [3.05, 3.63) is 35.0 Å². The van der Waals surface area contributed by atoms with Crippen LogP contribution in [-0.2, 0) is 0 Å². The number of hydrogen-bond acceptors (Lipinski definition) is 0. The van der Waals surface area contributed by atoms with Gasteiger partial charge in [-0.05, 0) is 12.1 Å². The summed E-state index contributed by atoms with van der Waals surface area (Å²) in [6.45, 7) is 0. The van der Waals surface area contributed by atoms with Gasteiger partial charge < -0.3 is 4.98 Å². The molecule has 0 amide bonds. The molecular weight excluding hydrogens is 184 g/mol. The molecule has 0 radical (unpaired) electrons. The molecule has 62 valence electrons. The van der Waals surface area contributed by atoms with Crippen LogP contribution in [0.3, 0.4) is 0 Å². The first-order valence-electron chi connectivity index (χ1n) is 3.30. The summed E-state index contributed by atoms with van der Waals surface area (Å²) in [5, 5.41) is 0.888. The number of benzene rings is 1. The number of fused-ring (bicyclic) bond motifs is 1. The molecule has 0 saturated carbocycles. The zero-order chi connectivity index (χ0) is 8.72. The van der Waals surface area contributed by atoms with Crippen LogP contribution < -0.4 is 0 Å². The lowest BCUT2D eigenvalue weighted by atomic mass is 10.2. The molecule has 0 unspecified atom stereocenters. The summed E-state index contributed by atoms with van der Waals surface area (Å²) in [6.07, 6.45) is 1.43. The van der Waals surface area contributed by atoms with Gasteiger partial charge in [0.1, 0.15) is 0 Å². The summed E-state index contributed by atoms with van der Waals surface area (Å²) in [6, 6.07) is 2.49. The molecule has 1 nitrogen and oxygen atoms in total. The number of aromatic amines is 1. The summed E-state index contributed by atoms with van der Waals surface area (Å²) in [5.74, 6) is -1.76. The molecule has 2 aromatic rings.